The fraction of sp³-hybridized carbons (Fsp3) is 0.462. The van der Waals surface area contributed by atoms with Crippen LogP contribution in [0.2, 0.25) is 0 Å². The van der Waals surface area contributed by atoms with Crippen molar-refractivity contribution in [1.82, 2.24) is 9.78 Å². The summed E-state index contributed by atoms with van der Waals surface area (Å²) in [6.07, 6.45) is 0. The molecule has 0 unspecified atom stereocenters. The van der Waals surface area contributed by atoms with E-state index in [9.17, 15) is 0 Å². The van der Waals surface area contributed by atoms with Crippen molar-refractivity contribution in [2.24, 2.45) is 0 Å². The Kier molecular flexibility index (Phi) is 4.38. The van der Waals surface area contributed by atoms with Crippen molar-refractivity contribution in [3.8, 4) is 0 Å². The van der Waals surface area contributed by atoms with Crippen molar-refractivity contribution in [2.75, 3.05) is 19.0 Å². The van der Waals surface area contributed by atoms with Gasteiger partial charge < -0.3 is 10.1 Å². The molecule has 4 nitrogen and oxygen atoms in total. The molecule has 98 valence electrons. The van der Waals surface area contributed by atoms with E-state index in [4.69, 9.17) is 4.74 Å². The molecule has 0 fully saturated rings. The Labute approximate surface area is 112 Å². The van der Waals surface area contributed by atoms with Gasteiger partial charge in [-0.3, -0.25) is 4.68 Å². The summed E-state index contributed by atoms with van der Waals surface area (Å²) in [5.74, 6) is 0. The summed E-state index contributed by atoms with van der Waals surface area (Å²) in [7, 11) is 1.71. The van der Waals surface area contributed by atoms with Crippen LogP contribution in [0.1, 0.15) is 17.0 Å². The molecule has 0 atom stereocenters. The normalized spacial score (nSPS) is 10.8. The highest BCUT2D eigenvalue weighted by molar-refractivity contribution is 7.07. The summed E-state index contributed by atoms with van der Waals surface area (Å²) >= 11 is 1.72. The van der Waals surface area contributed by atoms with Crippen molar-refractivity contribution in [2.45, 2.75) is 26.9 Å². The number of rotatable bonds is 6. The molecule has 0 spiro atoms. The van der Waals surface area contributed by atoms with Crippen LogP contribution in [0.25, 0.3) is 0 Å². The van der Waals surface area contributed by atoms with Gasteiger partial charge in [0.15, 0.2) is 0 Å². The Morgan fingerprint density at radius 2 is 2.28 bits per heavy atom. The molecule has 2 aromatic rings. The zero-order chi connectivity index (χ0) is 13.0. The number of nitrogens with zero attached hydrogens (tertiary/aromatic N) is 2. The summed E-state index contributed by atoms with van der Waals surface area (Å²) in [6.45, 7) is 6.45. The largest absolute Gasteiger partial charge is 0.383 e. The summed E-state index contributed by atoms with van der Waals surface area (Å²) < 4.78 is 7.08. The standard InChI is InChI=1S/C13H19N3OS/c1-10-13(14-8-12-4-7-18-9-12)11(2)16(15-10)5-6-17-3/h4,7,9,14H,5-6,8H2,1-3H3. The smallest absolute Gasteiger partial charge is 0.0828 e. The molecule has 2 aromatic heterocycles. The molecular formula is C13H19N3OS. The molecule has 0 aromatic carbocycles. The van der Waals surface area contributed by atoms with Gasteiger partial charge in [0.05, 0.1) is 30.2 Å². The van der Waals surface area contributed by atoms with Gasteiger partial charge in [-0.05, 0) is 36.2 Å². The third-order valence-electron chi connectivity index (χ3n) is 2.94. The fourth-order valence-corrected chi connectivity index (χ4v) is 2.60. The summed E-state index contributed by atoms with van der Waals surface area (Å²) in [4.78, 5) is 0. The van der Waals surface area contributed by atoms with Gasteiger partial charge in [-0.2, -0.15) is 16.4 Å². The van der Waals surface area contributed by atoms with E-state index >= 15 is 0 Å². The van der Waals surface area contributed by atoms with E-state index in [0.717, 1.165) is 24.5 Å². The maximum Gasteiger partial charge on any atom is 0.0828 e. The molecule has 0 amide bonds. The lowest BCUT2D eigenvalue weighted by atomic mass is 10.3. The van der Waals surface area contributed by atoms with Crippen LogP contribution in [0.3, 0.4) is 0 Å². The number of aryl methyl sites for hydroxylation is 1. The molecule has 2 heterocycles. The third-order valence-corrected chi connectivity index (χ3v) is 3.67. The van der Waals surface area contributed by atoms with Gasteiger partial charge in [-0.15, -0.1) is 0 Å². The van der Waals surface area contributed by atoms with Crippen molar-refractivity contribution in [3.05, 3.63) is 33.8 Å². The molecule has 0 aliphatic rings. The molecule has 2 rings (SSSR count). The Hall–Kier alpha value is -1.33. The van der Waals surface area contributed by atoms with Crippen molar-refractivity contribution in [3.63, 3.8) is 0 Å². The molecule has 0 saturated carbocycles. The lowest BCUT2D eigenvalue weighted by molar-refractivity contribution is 0.182. The zero-order valence-electron chi connectivity index (χ0n) is 11.1. The maximum atomic E-state index is 5.09. The van der Waals surface area contributed by atoms with Crippen LogP contribution in [-0.2, 0) is 17.8 Å². The van der Waals surface area contributed by atoms with E-state index in [1.165, 1.54) is 11.3 Å². The zero-order valence-corrected chi connectivity index (χ0v) is 11.9. The van der Waals surface area contributed by atoms with E-state index in [1.807, 2.05) is 11.6 Å². The minimum atomic E-state index is 0.686. The van der Waals surface area contributed by atoms with Gasteiger partial charge in [0, 0.05) is 13.7 Å². The molecule has 18 heavy (non-hydrogen) atoms. The molecule has 0 saturated heterocycles. The number of hydrogen-bond donors (Lipinski definition) is 1. The Bertz CT molecular complexity index is 491. The van der Waals surface area contributed by atoms with Crippen LogP contribution in [0, 0.1) is 13.8 Å². The number of ether oxygens (including phenoxy) is 1. The molecular weight excluding hydrogens is 246 g/mol. The second kappa shape index (κ2) is 6.02. The third kappa shape index (κ3) is 2.91. The lowest BCUT2D eigenvalue weighted by Crippen LogP contribution is -2.08. The molecule has 0 aliphatic carbocycles. The minimum absolute atomic E-state index is 0.686. The van der Waals surface area contributed by atoms with E-state index in [2.05, 4.69) is 34.2 Å². The lowest BCUT2D eigenvalue weighted by Gasteiger charge is -2.06. The Balaban J connectivity index is 2.05. The first-order chi connectivity index (χ1) is 8.72. The summed E-state index contributed by atoms with van der Waals surface area (Å²) in [5.41, 5.74) is 4.65. The molecule has 0 aliphatic heterocycles. The van der Waals surface area contributed by atoms with Gasteiger partial charge in [-0.25, -0.2) is 0 Å². The first kappa shape index (κ1) is 13.1. The Morgan fingerprint density at radius 1 is 1.44 bits per heavy atom. The highest BCUT2D eigenvalue weighted by Gasteiger charge is 2.10. The monoisotopic (exact) mass is 265 g/mol. The number of thiophene rings is 1. The van der Waals surface area contributed by atoms with Gasteiger partial charge in [0.2, 0.25) is 0 Å². The number of hydrogen-bond acceptors (Lipinski definition) is 4. The van der Waals surface area contributed by atoms with Crippen LogP contribution in [0.15, 0.2) is 16.8 Å². The van der Waals surface area contributed by atoms with E-state index in [0.29, 0.717) is 6.61 Å². The van der Waals surface area contributed by atoms with E-state index in [-0.39, 0.29) is 0 Å². The summed E-state index contributed by atoms with van der Waals surface area (Å²) in [6, 6.07) is 2.14. The SMILES string of the molecule is COCCn1nc(C)c(NCc2ccsc2)c1C. The molecule has 0 radical (unpaired) electrons. The van der Waals surface area contributed by atoms with E-state index in [1.54, 1.807) is 18.4 Å². The van der Waals surface area contributed by atoms with Crippen LogP contribution >= 0.6 is 11.3 Å². The topological polar surface area (TPSA) is 39.1 Å². The van der Waals surface area contributed by atoms with Gasteiger partial charge in [-0.1, -0.05) is 0 Å². The first-order valence-electron chi connectivity index (χ1n) is 6.00. The molecule has 0 bridgehead atoms. The minimum Gasteiger partial charge on any atom is -0.383 e. The number of nitrogens with one attached hydrogen (secondary N) is 1. The number of anilines is 1. The fourth-order valence-electron chi connectivity index (χ4n) is 1.93. The van der Waals surface area contributed by atoms with Crippen molar-refractivity contribution < 1.29 is 4.74 Å². The molecule has 5 heteroatoms. The van der Waals surface area contributed by atoms with E-state index < -0.39 is 0 Å². The highest BCUT2D eigenvalue weighted by atomic mass is 32.1. The average molecular weight is 265 g/mol. The maximum absolute atomic E-state index is 5.09. The van der Waals surface area contributed by atoms with Crippen molar-refractivity contribution in [1.29, 1.82) is 0 Å². The second-order valence-electron chi connectivity index (χ2n) is 4.25. The number of methoxy groups -OCH3 is 1. The van der Waals surface area contributed by atoms with Crippen LogP contribution < -0.4 is 5.32 Å². The average Bonchev–Trinajstić information content (AvgIpc) is 2.95. The van der Waals surface area contributed by atoms with Gasteiger partial charge in [0.25, 0.3) is 0 Å². The second-order valence-corrected chi connectivity index (χ2v) is 5.03. The predicted octanol–water partition coefficient (Wildman–Crippen LogP) is 2.82. The quantitative estimate of drug-likeness (QED) is 0.873. The van der Waals surface area contributed by atoms with Crippen LogP contribution in [-0.4, -0.2) is 23.5 Å². The predicted molar refractivity (Wildman–Crippen MR) is 75.2 cm³/mol. The van der Waals surface area contributed by atoms with Gasteiger partial charge in [0.1, 0.15) is 0 Å². The number of aromatic nitrogens is 2. The Morgan fingerprint density at radius 3 is 2.94 bits per heavy atom. The van der Waals surface area contributed by atoms with Crippen LogP contribution in [0.5, 0.6) is 0 Å². The molecule has 1 N–H and O–H groups in total. The first-order valence-corrected chi connectivity index (χ1v) is 6.94. The van der Waals surface area contributed by atoms with Crippen molar-refractivity contribution >= 4 is 17.0 Å². The highest BCUT2D eigenvalue weighted by Crippen LogP contribution is 2.20. The summed E-state index contributed by atoms with van der Waals surface area (Å²) in [5, 5.41) is 12.2. The van der Waals surface area contributed by atoms with Gasteiger partial charge >= 0.3 is 0 Å². The van der Waals surface area contributed by atoms with Crippen LogP contribution in [0.4, 0.5) is 5.69 Å².